The zero-order valence-corrected chi connectivity index (χ0v) is 36.0. The lowest BCUT2D eigenvalue weighted by Gasteiger charge is -2.13. The second-order valence-corrected chi connectivity index (χ2v) is 16.7. The number of nitrogen functional groups attached to an aromatic ring is 1. The van der Waals surface area contributed by atoms with Gasteiger partial charge in [-0.3, -0.25) is 4.57 Å². The first-order chi connectivity index (χ1) is 25.9. The van der Waals surface area contributed by atoms with Crippen molar-refractivity contribution in [1.29, 1.82) is 0 Å². The fourth-order valence-corrected chi connectivity index (χ4v) is 3.18. The molecule has 1 aromatic rings. The highest BCUT2D eigenvalue weighted by Gasteiger charge is 2.34. The first kappa shape index (κ1) is 69.8. The van der Waals surface area contributed by atoms with E-state index in [0.717, 1.165) is 12.8 Å². The van der Waals surface area contributed by atoms with E-state index >= 15 is 0 Å². The van der Waals surface area contributed by atoms with Crippen LogP contribution in [0.2, 0.25) is 0 Å². The predicted molar refractivity (Wildman–Crippen MR) is 198 cm³/mol. The number of aliphatic hydroxyl groups is 3. The number of ether oxygens (including phenoxy) is 1. The van der Waals surface area contributed by atoms with Gasteiger partial charge in [-0.15, -0.1) is 0 Å². The smallest absolute Gasteiger partial charge is 0.394 e. The number of aromatic nitrogens is 2. The van der Waals surface area contributed by atoms with Gasteiger partial charge in [-0.1, -0.05) is 51.9 Å². The van der Waals surface area contributed by atoms with Crippen LogP contribution in [0.15, 0.2) is 17.1 Å². The van der Waals surface area contributed by atoms with Crippen molar-refractivity contribution in [1.82, 2.24) is 9.55 Å². The zero-order valence-electron chi connectivity index (χ0n) is 30.6. The summed E-state index contributed by atoms with van der Waals surface area (Å²) in [5.74, 6) is 0.138. The molecule has 2 rings (SSSR count). The molecule has 33 nitrogen and oxygen atoms in total. The lowest BCUT2D eigenvalue weighted by atomic mass is 10.1. The standard InChI is InChI=1S/C11H25NO.C9H13N3O4.6H3O4P/c1-2-3-4-5-6-7-8-9-10-11(12)13;10-7-1-2-12(9(15)11-7)8-3-5(14)6(4-13)16-8;6*1-5(2,3)4/h11,13H,2-10,12H2,1H3;1-2,5-6,8,13-14H,3-4H2,(H2,10,11,15);6*(H3,1,2,3,4)/t;5-,6+,8+;;;;;;/m.0....../s1. The van der Waals surface area contributed by atoms with E-state index in [-0.39, 0.29) is 18.8 Å². The fraction of sp³-hybridized carbons (Fsp3) is 0.800. The first-order valence-electron chi connectivity index (χ1n) is 15.3. The molecule has 1 aliphatic rings. The summed E-state index contributed by atoms with van der Waals surface area (Å²) >= 11 is 0. The van der Waals surface area contributed by atoms with Crippen LogP contribution >= 0.6 is 46.9 Å². The highest BCUT2D eigenvalue weighted by molar-refractivity contribution is 7.46. The van der Waals surface area contributed by atoms with Gasteiger partial charge in [0.15, 0.2) is 0 Å². The van der Waals surface area contributed by atoms with Gasteiger partial charge in [0.05, 0.1) is 12.7 Å². The molecule has 0 aromatic carbocycles. The van der Waals surface area contributed by atoms with E-state index in [2.05, 4.69) is 11.9 Å². The molecule has 0 spiro atoms. The highest BCUT2D eigenvalue weighted by atomic mass is 31.2. The minimum atomic E-state index is -4.64. The van der Waals surface area contributed by atoms with Gasteiger partial charge in [-0.2, -0.15) is 4.98 Å². The maximum absolute atomic E-state index is 11.5. The number of rotatable bonds is 11. The van der Waals surface area contributed by atoms with Crippen LogP contribution in [0.3, 0.4) is 0 Å². The van der Waals surface area contributed by atoms with Crippen molar-refractivity contribution >= 4 is 52.8 Å². The summed E-state index contributed by atoms with van der Waals surface area (Å²) in [5.41, 5.74) is 10.0. The number of hydrogen-bond acceptors (Lipinski definition) is 14. The van der Waals surface area contributed by atoms with Crippen LogP contribution in [-0.4, -0.2) is 138 Å². The number of aliphatic hydroxyl groups excluding tert-OH is 3. The molecule has 2 heterocycles. The third kappa shape index (κ3) is 108. The van der Waals surface area contributed by atoms with Gasteiger partial charge in [0, 0.05) is 12.6 Å². The Morgan fingerprint density at radius 2 is 0.983 bits per heavy atom. The molecular formula is C20H56N4O29P6. The van der Waals surface area contributed by atoms with Crippen LogP contribution in [0.5, 0.6) is 0 Å². The van der Waals surface area contributed by atoms with E-state index in [9.17, 15) is 9.90 Å². The van der Waals surface area contributed by atoms with Crippen molar-refractivity contribution in [2.45, 2.75) is 95.8 Å². The fourth-order valence-electron chi connectivity index (χ4n) is 3.18. The number of nitrogens with zero attached hydrogens (tertiary/aromatic N) is 2. The molecule has 0 amide bonds. The average molecular weight is 1000 g/mol. The minimum absolute atomic E-state index is 0.138. The van der Waals surface area contributed by atoms with Gasteiger partial charge in [0.2, 0.25) is 0 Å². The normalized spacial score (nSPS) is 16.9. The van der Waals surface area contributed by atoms with Crippen molar-refractivity contribution in [2.75, 3.05) is 12.3 Å². The first-order valence-corrected chi connectivity index (χ1v) is 24.7. The summed E-state index contributed by atoms with van der Waals surface area (Å²) < 4.78 is 59.8. The summed E-state index contributed by atoms with van der Waals surface area (Å²) in [6.45, 7) is 1.96. The van der Waals surface area contributed by atoms with Gasteiger partial charge in [-0.05, 0) is 18.9 Å². The maximum Gasteiger partial charge on any atom is 0.466 e. The molecule has 25 N–H and O–H groups in total. The van der Waals surface area contributed by atoms with Gasteiger partial charge < -0.3 is 120 Å². The SMILES string of the molecule is CCCCCCCCCCC(N)O.Nc1ccn([C@H]2C[C@H](O)[C@@H](CO)O2)c(=O)n1.O=P(O)(O)O.O=P(O)(O)O.O=P(O)(O)O.O=P(O)(O)O.O=P(O)(O)O.O=P(O)(O)O. The van der Waals surface area contributed by atoms with Crippen LogP contribution in [0, 0.1) is 0 Å². The van der Waals surface area contributed by atoms with Crippen LogP contribution in [0.4, 0.5) is 5.82 Å². The largest absolute Gasteiger partial charge is 0.466 e. The Balaban J connectivity index is -0.000000146. The Kier molecular flexibility index (Phi) is 42.1. The molecule has 0 radical (unpaired) electrons. The van der Waals surface area contributed by atoms with E-state index in [1.54, 1.807) is 0 Å². The van der Waals surface area contributed by atoms with E-state index in [1.807, 2.05) is 0 Å². The topological polar surface area (TPSA) is 623 Å². The molecule has 360 valence electrons. The van der Waals surface area contributed by atoms with Gasteiger partial charge in [0.1, 0.15) is 24.4 Å². The van der Waals surface area contributed by atoms with Gasteiger partial charge in [0.25, 0.3) is 0 Å². The summed E-state index contributed by atoms with van der Waals surface area (Å²) in [5, 5.41) is 27.2. The number of phosphoric acid groups is 6. The summed E-state index contributed by atoms with van der Waals surface area (Å²) in [6, 6.07) is 1.48. The molecule has 39 heteroatoms. The third-order valence-electron chi connectivity index (χ3n) is 4.90. The molecule has 4 atom stereocenters. The summed E-state index contributed by atoms with van der Waals surface area (Å²) in [7, 11) is -27.8. The molecule has 0 saturated carbocycles. The molecular weight excluding hydrogens is 946 g/mol. The van der Waals surface area contributed by atoms with Crippen molar-refractivity contribution in [3.8, 4) is 0 Å². The zero-order chi connectivity index (χ0) is 48.6. The van der Waals surface area contributed by atoms with Crippen molar-refractivity contribution in [2.24, 2.45) is 5.73 Å². The lowest BCUT2D eigenvalue weighted by Crippen LogP contribution is -2.27. The summed E-state index contributed by atoms with van der Waals surface area (Å²) in [4.78, 5) is 144. The Morgan fingerprint density at radius 3 is 1.24 bits per heavy atom. The van der Waals surface area contributed by atoms with Gasteiger partial charge >= 0.3 is 52.6 Å². The van der Waals surface area contributed by atoms with Crippen LogP contribution in [-0.2, 0) is 32.1 Å². The van der Waals surface area contributed by atoms with Crippen LogP contribution in [0.25, 0.3) is 0 Å². The average Bonchev–Trinajstić information content (AvgIpc) is 3.29. The minimum Gasteiger partial charge on any atom is -0.394 e. The summed E-state index contributed by atoms with van der Waals surface area (Å²) in [6.07, 6.45) is 10.2. The predicted octanol–water partition coefficient (Wildman–Crippen LogP) is -4.31. The Morgan fingerprint density at radius 1 is 0.678 bits per heavy atom. The lowest BCUT2D eigenvalue weighted by molar-refractivity contribution is -0.0458. The Labute approximate surface area is 334 Å². The second-order valence-electron chi connectivity index (χ2n) is 10.6. The highest BCUT2D eigenvalue weighted by Crippen LogP contribution is 2.29. The molecule has 1 fully saturated rings. The van der Waals surface area contributed by atoms with Crippen LogP contribution < -0.4 is 17.2 Å². The second kappa shape index (κ2) is 35.6. The van der Waals surface area contributed by atoms with Crippen molar-refractivity contribution in [3.05, 3.63) is 22.7 Å². The molecule has 59 heavy (non-hydrogen) atoms. The quantitative estimate of drug-likeness (QED) is 0.0566. The van der Waals surface area contributed by atoms with Crippen molar-refractivity contribution < 1.29 is 136 Å². The monoisotopic (exact) mass is 1000 g/mol. The number of hydrogen-bond donors (Lipinski definition) is 23. The van der Waals surface area contributed by atoms with Crippen molar-refractivity contribution in [3.63, 3.8) is 0 Å². The Bertz CT molecular complexity index is 1330. The Hall–Kier alpha value is -0.860. The molecule has 1 saturated heterocycles. The van der Waals surface area contributed by atoms with E-state index < -0.39 is 77.3 Å². The number of anilines is 1. The molecule has 0 bridgehead atoms. The van der Waals surface area contributed by atoms with E-state index in [1.165, 1.54) is 61.8 Å². The third-order valence-corrected chi connectivity index (χ3v) is 4.90. The van der Waals surface area contributed by atoms with Gasteiger partial charge in [-0.25, -0.2) is 32.2 Å². The van der Waals surface area contributed by atoms with E-state index in [4.69, 9.17) is 142 Å². The maximum atomic E-state index is 11.5. The molecule has 0 aliphatic carbocycles. The van der Waals surface area contributed by atoms with Crippen LogP contribution in [0.1, 0.15) is 77.4 Å². The van der Waals surface area contributed by atoms with E-state index in [0.29, 0.717) is 0 Å². The molecule has 1 aromatic heterocycles. The molecule has 1 unspecified atom stereocenters. The number of unbranched alkanes of at least 4 members (excludes halogenated alkanes) is 7. The number of nitrogens with two attached hydrogens (primary N) is 2. The molecule has 1 aliphatic heterocycles.